The van der Waals surface area contributed by atoms with Gasteiger partial charge in [0.2, 0.25) is 0 Å². The Morgan fingerprint density at radius 1 is 1.32 bits per heavy atom. The van der Waals surface area contributed by atoms with Crippen LogP contribution in [0.2, 0.25) is 0 Å². The van der Waals surface area contributed by atoms with Gasteiger partial charge in [-0.1, -0.05) is 6.92 Å². The van der Waals surface area contributed by atoms with Crippen LogP contribution in [0.4, 0.5) is 11.6 Å². The average Bonchev–Trinajstić information content (AvgIpc) is 3.22. The largest absolute Gasteiger partial charge is 0.356 e. The molecule has 1 aliphatic carbocycles. The number of aromatic nitrogens is 2. The van der Waals surface area contributed by atoms with Crippen LogP contribution in [0.25, 0.3) is 0 Å². The number of rotatable bonds is 7. The topological polar surface area (TPSA) is 67.1 Å². The molecule has 0 saturated heterocycles. The molecular formula is C14H25N5. The lowest BCUT2D eigenvalue weighted by molar-refractivity contribution is 0.719. The second kappa shape index (κ2) is 6.19. The van der Waals surface area contributed by atoms with E-state index in [9.17, 15) is 0 Å². The Morgan fingerprint density at radius 2 is 2.05 bits per heavy atom. The van der Waals surface area contributed by atoms with Gasteiger partial charge in [0, 0.05) is 25.1 Å². The Bertz CT molecular complexity index is 428. The van der Waals surface area contributed by atoms with E-state index in [-0.39, 0.29) is 0 Å². The highest BCUT2D eigenvalue weighted by atomic mass is 15.3. The summed E-state index contributed by atoms with van der Waals surface area (Å²) in [7, 11) is 0. The summed E-state index contributed by atoms with van der Waals surface area (Å²) < 4.78 is 0. The smallest absolute Gasteiger partial charge is 0.148 e. The Morgan fingerprint density at radius 3 is 2.58 bits per heavy atom. The van der Waals surface area contributed by atoms with Gasteiger partial charge in [-0.25, -0.2) is 15.8 Å². The molecule has 0 amide bonds. The summed E-state index contributed by atoms with van der Waals surface area (Å²) in [5.74, 6) is 9.10. The highest BCUT2D eigenvalue weighted by Crippen LogP contribution is 2.32. The summed E-state index contributed by atoms with van der Waals surface area (Å²) in [6.07, 6.45) is 4.64. The van der Waals surface area contributed by atoms with E-state index < -0.39 is 0 Å². The summed E-state index contributed by atoms with van der Waals surface area (Å²) >= 11 is 0. The van der Waals surface area contributed by atoms with Crippen LogP contribution in [0.3, 0.4) is 0 Å². The first-order valence-corrected chi connectivity index (χ1v) is 7.28. The molecular weight excluding hydrogens is 238 g/mol. The fraction of sp³-hybridized carbons (Fsp3) is 0.714. The van der Waals surface area contributed by atoms with Crippen LogP contribution in [0.15, 0.2) is 0 Å². The molecule has 1 saturated carbocycles. The lowest BCUT2D eigenvalue weighted by atomic mass is 10.2. The molecule has 1 heterocycles. The van der Waals surface area contributed by atoms with Crippen molar-refractivity contribution in [2.24, 2.45) is 11.8 Å². The van der Waals surface area contributed by atoms with Crippen molar-refractivity contribution in [2.75, 3.05) is 23.4 Å². The summed E-state index contributed by atoms with van der Waals surface area (Å²) in [6.45, 7) is 8.43. The second-order valence-corrected chi connectivity index (χ2v) is 5.31. The molecule has 0 atom stereocenters. The minimum Gasteiger partial charge on any atom is -0.356 e. The molecule has 5 nitrogen and oxygen atoms in total. The molecule has 1 aromatic heterocycles. The maximum atomic E-state index is 5.58. The van der Waals surface area contributed by atoms with Gasteiger partial charge in [-0.05, 0) is 39.0 Å². The lowest BCUT2D eigenvalue weighted by Crippen LogP contribution is -2.28. The van der Waals surface area contributed by atoms with E-state index in [4.69, 9.17) is 10.8 Å². The lowest BCUT2D eigenvalue weighted by Gasteiger charge is -2.25. The number of hydrazine groups is 1. The Balaban J connectivity index is 2.31. The van der Waals surface area contributed by atoms with E-state index in [2.05, 4.69) is 29.2 Å². The molecule has 5 heteroatoms. The van der Waals surface area contributed by atoms with Gasteiger partial charge < -0.3 is 10.3 Å². The van der Waals surface area contributed by atoms with E-state index in [1.54, 1.807) is 0 Å². The number of hydrogen-bond donors (Lipinski definition) is 2. The Hall–Kier alpha value is -1.36. The van der Waals surface area contributed by atoms with E-state index in [0.717, 1.165) is 54.9 Å². The quantitative estimate of drug-likeness (QED) is 0.583. The molecule has 19 heavy (non-hydrogen) atoms. The SMILES string of the molecule is CCCc1nc(NN)c(C)c(N(CC)CC2CC2)n1. The van der Waals surface area contributed by atoms with Crippen molar-refractivity contribution in [2.45, 2.75) is 46.5 Å². The number of hydrogen-bond acceptors (Lipinski definition) is 5. The Labute approximate surface area is 115 Å². The standard InChI is InChI=1S/C14H25N5/c1-4-6-12-16-13(18-15)10(3)14(17-12)19(5-2)9-11-7-8-11/h11H,4-9,15H2,1-3H3,(H,16,17,18). The molecule has 1 fully saturated rings. The molecule has 1 aliphatic rings. The second-order valence-electron chi connectivity index (χ2n) is 5.31. The Kier molecular flexibility index (Phi) is 4.58. The first-order chi connectivity index (χ1) is 9.19. The fourth-order valence-electron chi connectivity index (χ4n) is 2.31. The van der Waals surface area contributed by atoms with Gasteiger partial charge in [-0.3, -0.25) is 0 Å². The number of nitrogens with two attached hydrogens (primary N) is 1. The van der Waals surface area contributed by atoms with Crippen molar-refractivity contribution in [3.63, 3.8) is 0 Å². The van der Waals surface area contributed by atoms with Gasteiger partial charge in [-0.2, -0.15) is 0 Å². The third-order valence-electron chi connectivity index (χ3n) is 3.63. The molecule has 0 bridgehead atoms. The zero-order valence-electron chi connectivity index (χ0n) is 12.2. The molecule has 0 aromatic carbocycles. The molecule has 0 radical (unpaired) electrons. The monoisotopic (exact) mass is 263 g/mol. The molecule has 0 spiro atoms. The number of nitrogens with zero attached hydrogens (tertiary/aromatic N) is 3. The van der Waals surface area contributed by atoms with Crippen molar-refractivity contribution >= 4 is 11.6 Å². The van der Waals surface area contributed by atoms with E-state index in [1.807, 2.05) is 6.92 Å². The van der Waals surface area contributed by atoms with E-state index in [0.29, 0.717) is 0 Å². The fourth-order valence-corrected chi connectivity index (χ4v) is 2.31. The summed E-state index contributed by atoms with van der Waals surface area (Å²) in [6, 6.07) is 0. The van der Waals surface area contributed by atoms with Crippen LogP contribution in [-0.4, -0.2) is 23.1 Å². The normalized spacial score (nSPS) is 14.5. The molecule has 106 valence electrons. The maximum absolute atomic E-state index is 5.58. The number of nitrogens with one attached hydrogen (secondary N) is 1. The predicted octanol–water partition coefficient (Wildman–Crippen LogP) is 2.26. The van der Waals surface area contributed by atoms with Crippen molar-refractivity contribution < 1.29 is 0 Å². The van der Waals surface area contributed by atoms with Crippen molar-refractivity contribution in [3.8, 4) is 0 Å². The predicted molar refractivity (Wildman–Crippen MR) is 79.2 cm³/mol. The van der Waals surface area contributed by atoms with Crippen LogP contribution >= 0.6 is 0 Å². The zero-order valence-corrected chi connectivity index (χ0v) is 12.2. The third kappa shape index (κ3) is 3.35. The van der Waals surface area contributed by atoms with E-state index >= 15 is 0 Å². The van der Waals surface area contributed by atoms with Crippen molar-refractivity contribution in [1.82, 2.24) is 9.97 Å². The molecule has 0 aliphatic heterocycles. The first kappa shape index (κ1) is 14.1. The van der Waals surface area contributed by atoms with Crippen LogP contribution < -0.4 is 16.2 Å². The highest BCUT2D eigenvalue weighted by Gasteiger charge is 2.25. The number of anilines is 2. The van der Waals surface area contributed by atoms with Crippen LogP contribution in [-0.2, 0) is 6.42 Å². The summed E-state index contributed by atoms with van der Waals surface area (Å²) in [5.41, 5.74) is 3.75. The minimum absolute atomic E-state index is 0.752. The van der Waals surface area contributed by atoms with E-state index in [1.165, 1.54) is 12.8 Å². The summed E-state index contributed by atoms with van der Waals surface area (Å²) in [4.78, 5) is 11.6. The minimum atomic E-state index is 0.752. The van der Waals surface area contributed by atoms with Gasteiger partial charge in [0.15, 0.2) is 0 Å². The molecule has 2 rings (SSSR count). The van der Waals surface area contributed by atoms with Gasteiger partial charge in [0.05, 0.1) is 0 Å². The molecule has 0 unspecified atom stereocenters. The van der Waals surface area contributed by atoms with Crippen molar-refractivity contribution in [1.29, 1.82) is 0 Å². The summed E-state index contributed by atoms with van der Waals surface area (Å²) in [5, 5.41) is 0. The van der Waals surface area contributed by atoms with Gasteiger partial charge in [0.1, 0.15) is 17.5 Å². The van der Waals surface area contributed by atoms with Crippen LogP contribution in [0, 0.1) is 12.8 Å². The zero-order chi connectivity index (χ0) is 13.8. The van der Waals surface area contributed by atoms with Crippen LogP contribution in [0.1, 0.15) is 44.5 Å². The maximum Gasteiger partial charge on any atom is 0.148 e. The van der Waals surface area contributed by atoms with Crippen LogP contribution in [0.5, 0.6) is 0 Å². The molecule has 3 N–H and O–H groups in total. The third-order valence-corrected chi connectivity index (χ3v) is 3.63. The van der Waals surface area contributed by atoms with Gasteiger partial charge in [0.25, 0.3) is 0 Å². The van der Waals surface area contributed by atoms with Gasteiger partial charge >= 0.3 is 0 Å². The average molecular weight is 263 g/mol. The number of nitrogen functional groups attached to an aromatic ring is 1. The highest BCUT2D eigenvalue weighted by molar-refractivity contribution is 5.58. The van der Waals surface area contributed by atoms with Crippen molar-refractivity contribution in [3.05, 3.63) is 11.4 Å². The first-order valence-electron chi connectivity index (χ1n) is 7.28. The number of aryl methyl sites for hydroxylation is 1. The molecule has 1 aromatic rings. The van der Waals surface area contributed by atoms with Gasteiger partial charge in [-0.15, -0.1) is 0 Å².